The Kier molecular flexibility index (Phi) is 4.33. The van der Waals surface area contributed by atoms with Crippen LogP contribution < -0.4 is 10.5 Å². The highest BCUT2D eigenvalue weighted by molar-refractivity contribution is 7.09. The SMILES string of the molecule is Cc1cccc(OCCc2csc(CN)n2)c1C. The number of hydrogen-bond acceptors (Lipinski definition) is 4. The van der Waals surface area contributed by atoms with Crippen LogP contribution in [0.1, 0.15) is 21.8 Å². The molecule has 3 nitrogen and oxygen atoms in total. The lowest BCUT2D eigenvalue weighted by atomic mass is 10.1. The summed E-state index contributed by atoms with van der Waals surface area (Å²) >= 11 is 1.61. The molecule has 0 aliphatic heterocycles. The van der Waals surface area contributed by atoms with E-state index >= 15 is 0 Å². The molecule has 1 heterocycles. The van der Waals surface area contributed by atoms with Crippen molar-refractivity contribution in [3.05, 3.63) is 45.4 Å². The van der Waals surface area contributed by atoms with Gasteiger partial charge >= 0.3 is 0 Å². The zero-order chi connectivity index (χ0) is 13.0. The highest BCUT2D eigenvalue weighted by Gasteiger charge is 2.03. The second-order valence-corrected chi connectivity index (χ2v) is 5.18. The number of aromatic nitrogens is 1. The lowest BCUT2D eigenvalue weighted by molar-refractivity contribution is 0.318. The van der Waals surface area contributed by atoms with E-state index in [2.05, 4.69) is 30.3 Å². The molecule has 0 aliphatic carbocycles. The fourth-order valence-corrected chi connectivity index (χ4v) is 2.41. The number of aryl methyl sites for hydroxylation is 1. The molecule has 0 bridgehead atoms. The second kappa shape index (κ2) is 5.98. The maximum absolute atomic E-state index is 5.80. The average molecular weight is 262 g/mol. The summed E-state index contributed by atoms with van der Waals surface area (Å²) in [6.07, 6.45) is 0.823. The van der Waals surface area contributed by atoms with E-state index in [-0.39, 0.29) is 0 Å². The molecule has 2 aromatic rings. The molecule has 0 spiro atoms. The fourth-order valence-electron chi connectivity index (χ4n) is 1.70. The summed E-state index contributed by atoms with van der Waals surface area (Å²) in [5, 5.41) is 3.03. The van der Waals surface area contributed by atoms with Crippen LogP contribution in [-0.4, -0.2) is 11.6 Å². The van der Waals surface area contributed by atoms with Crippen molar-refractivity contribution in [2.45, 2.75) is 26.8 Å². The van der Waals surface area contributed by atoms with Gasteiger partial charge in [-0.1, -0.05) is 12.1 Å². The third-order valence-corrected chi connectivity index (χ3v) is 3.86. The van der Waals surface area contributed by atoms with E-state index in [1.807, 2.05) is 12.1 Å². The standard InChI is InChI=1S/C14H18N2OS/c1-10-4-3-5-13(11(10)2)17-7-6-12-9-18-14(8-15)16-12/h3-5,9H,6-8,15H2,1-2H3. The van der Waals surface area contributed by atoms with Crippen LogP contribution >= 0.6 is 11.3 Å². The molecule has 0 fully saturated rings. The first-order chi connectivity index (χ1) is 8.70. The number of hydrogen-bond donors (Lipinski definition) is 1. The second-order valence-electron chi connectivity index (χ2n) is 4.23. The first-order valence-corrected chi connectivity index (χ1v) is 6.91. The molecule has 2 N–H and O–H groups in total. The van der Waals surface area contributed by atoms with Gasteiger partial charge < -0.3 is 10.5 Å². The molecule has 0 atom stereocenters. The average Bonchev–Trinajstić information content (AvgIpc) is 2.82. The quantitative estimate of drug-likeness (QED) is 0.901. The zero-order valence-electron chi connectivity index (χ0n) is 10.8. The zero-order valence-corrected chi connectivity index (χ0v) is 11.6. The Morgan fingerprint density at radius 2 is 2.17 bits per heavy atom. The van der Waals surface area contributed by atoms with Crippen LogP contribution in [0.2, 0.25) is 0 Å². The van der Waals surface area contributed by atoms with E-state index in [0.717, 1.165) is 22.9 Å². The van der Waals surface area contributed by atoms with Gasteiger partial charge in [0, 0.05) is 18.3 Å². The van der Waals surface area contributed by atoms with Gasteiger partial charge in [0.05, 0.1) is 12.3 Å². The third-order valence-electron chi connectivity index (χ3n) is 2.94. The monoisotopic (exact) mass is 262 g/mol. The van der Waals surface area contributed by atoms with Crippen molar-refractivity contribution >= 4 is 11.3 Å². The van der Waals surface area contributed by atoms with Crippen LogP contribution in [0.15, 0.2) is 23.6 Å². The summed E-state index contributed by atoms with van der Waals surface area (Å²) in [7, 11) is 0. The summed E-state index contributed by atoms with van der Waals surface area (Å²) in [6, 6.07) is 6.12. The Balaban J connectivity index is 1.90. The van der Waals surface area contributed by atoms with Gasteiger partial charge in [0.15, 0.2) is 0 Å². The molecule has 0 saturated heterocycles. The number of nitrogens with zero attached hydrogens (tertiary/aromatic N) is 1. The lowest BCUT2D eigenvalue weighted by Gasteiger charge is -2.09. The summed E-state index contributed by atoms with van der Waals surface area (Å²) < 4.78 is 5.80. The molecular weight excluding hydrogens is 244 g/mol. The number of thiazole rings is 1. The molecule has 0 radical (unpaired) electrons. The topological polar surface area (TPSA) is 48.1 Å². The van der Waals surface area contributed by atoms with Gasteiger partial charge in [-0.25, -0.2) is 4.98 Å². The van der Waals surface area contributed by atoms with E-state index in [9.17, 15) is 0 Å². The molecule has 2 rings (SSSR count). The molecule has 96 valence electrons. The van der Waals surface area contributed by atoms with Gasteiger partial charge in [0.25, 0.3) is 0 Å². The molecule has 1 aromatic carbocycles. The fraction of sp³-hybridized carbons (Fsp3) is 0.357. The van der Waals surface area contributed by atoms with Crippen molar-refractivity contribution in [1.29, 1.82) is 0 Å². The Labute approximate surface area is 112 Å². The van der Waals surface area contributed by atoms with Gasteiger partial charge in [-0.15, -0.1) is 11.3 Å². The van der Waals surface area contributed by atoms with E-state index < -0.39 is 0 Å². The van der Waals surface area contributed by atoms with Crippen molar-refractivity contribution in [2.75, 3.05) is 6.61 Å². The number of nitrogens with two attached hydrogens (primary N) is 1. The van der Waals surface area contributed by atoms with Crippen molar-refractivity contribution in [2.24, 2.45) is 5.73 Å². The summed E-state index contributed by atoms with van der Waals surface area (Å²) in [4.78, 5) is 4.41. The Hall–Kier alpha value is -1.39. The minimum absolute atomic E-state index is 0.516. The largest absolute Gasteiger partial charge is 0.493 e. The first kappa shape index (κ1) is 13.1. The van der Waals surface area contributed by atoms with Crippen molar-refractivity contribution < 1.29 is 4.74 Å². The molecule has 0 amide bonds. The van der Waals surface area contributed by atoms with E-state index in [0.29, 0.717) is 13.2 Å². The van der Waals surface area contributed by atoms with Crippen LogP contribution in [0.5, 0.6) is 5.75 Å². The van der Waals surface area contributed by atoms with E-state index in [4.69, 9.17) is 10.5 Å². The Bertz CT molecular complexity index is 522. The highest BCUT2D eigenvalue weighted by Crippen LogP contribution is 2.20. The summed E-state index contributed by atoms with van der Waals surface area (Å²) in [5.74, 6) is 0.962. The lowest BCUT2D eigenvalue weighted by Crippen LogP contribution is -2.04. The smallest absolute Gasteiger partial charge is 0.122 e. The molecular formula is C14H18N2OS. The molecule has 0 unspecified atom stereocenters. The van der Waals surface area contributed by atoms with Gasteiger partial charge in [-0.3, -0.25) is 0 Å². The molecule has 1 aromatic heterocycles. The van der Waals surface area contributed by atoms with E-state index in [1.165, 1.54) is 11.1 Å². The predicted molar refractivity (Wildman–Crippen MR) is 75.1 cm³/mol. The molecule has 0 saturated carbocycles. The molecule has 18 heavy (non-hydrogen) atoms. The number of benzene rings is 1. The van der Waals surface area contributed by atoms with Crippen LogP contribution in [0, 0.1) is 13.8 Å². The summed E-state index contributed by atoms with van der Waals surface area (Å²) in [5.41, 5.74) is 9.06. The van der Waals surface area contributed by atoms with Crippen molar-refractivity contribution in [1.82, 2.24) is 4.98 Å². The van der Waals surface area contributed by atoms with Crippen molar-refractivity contribution in [3.8, 4) is 5.75 Å². The Morgan fingerprint density at radius 3 is 2.89 bits per heavy atom. The van der Waals surface area contributed by atoms with Crippen LogP contribution in [0.25, 0.3) is 0 Å². The Morgan fingerprint density at radius 1 is 1.33 bits per heavy atom. The summed E-state index contributed by atoms with van der Waals surface area (Å²) in [6.45, 7) is 5.34. The van der Waals surface area contributed by atoms with E-state index in [1.54, 1.807) is 11.3 Å². The van der Waals surface area contributed by atoms with Crippen molar-refractivity contribution in [3.63, 3.8) is 0 Å². The van der Waals surface area contributed by atoms with Crippen LogP contribution in [-0.2, 0) is 13.0 Å². The minimum atomic E-state index is 0.516. The maximum Gasteiger partial charge on any atom is 0.122 e. The predicted octanol–water partition coefficient (Wildman–Crippen LogP) is 2.84. The van der Waals surface area contributed by atoms with Crippen LogP contribution in [0.4, 0.5) is 0 Å². The van der Waals surface area contributed by atoms with Gasteiger partial charge in [0.2, 0.25) is 0 Å². The van der Waals surface area contributed by atoms with Gasteiger partial charge in [-0.2, -0.15) is 0 Å². The number of rotatable bonds is 5. The van der Waals surface area contributed by atoms with Gasteiger partial charge in [0.1, 0.15) is 10.8 Å². The normalized spacial score (nSPS) is 10.6. The van der Waals surface area contributed by atoms with Crippen LogP contribution in [0.3, 0.4) is 0 Å². The third kappa shape index (κ3) is 3.09. The highest BCUT2D eigenvalue weighted by atomic mass is 32.1. The molecule has 0 aliphatic rings. The molecule has 4 heteroatoms. The maximum atomic E-state index is 5.80. The minimum Gasteiger partial charge on any atom is -0.493 e. The number of ether oxygens (including phenoxy) is 1. The van der Waals surface area contributed by atoms with Gasteiger partial charge in [-0.05, 0) is 31.0 Å². The first-order valence-electron chi connectivity index (χ1n) is 6.03.